The number of carbonyl (C=O) groups is 2. The topological polar surface area (TPSA) is 76.5 Å². The summed E-state index contributed by atoms with van der Waals surface area (Å²) in [5, 5.41) is 8.05. The minimum absolute atomic E-state index is 0.0671. The maximum atomic E-state index is 13.6. The monoisotopic (exact) mass is 480 g/mol. The molecule has 0 unspecified atom stereocenters. The number of fused-ring (bicyclic) bond motifs is 1. The highest BCUT2D eigenvalue weighted by molar-refractivity contribution is 6.00. The molecule has 0 spiro atoms. The number of nitrogens with zero attached hydrogens (tertiary/aromatic N) is 3. The van der Waals surface area contributed by atoms with Crippen molar-refractivity contribution in [3.63, 3.8) is 0 Å². The molecule has 1 N–H and O–H groups in total. The molecule has 1 saturated carbocycles. The zero-order valence-electron chi connectivity index (χ0n) is 21.5. The zero-order valence-corrected chi connectivity index (χ0v) is 21.5. The minimum atomic E-state index is -0.966. The van der Waals surface area contributed by atoms with Crippen molar-refractivity contribution in [1.82, 2.24) is 20.0 Å². The van der Waals surface area contributed by atoms with Crippen molar-refractivity contribution in [2.45, 2.75) is 96.7 Å². The lowest BCUT2D eigenvalue weighted by Crippen LogP contribution is -2.65. The average molecular weight is 481 g/mol. The molecule has 190 valence electrons. The quantitative estimate of drug-likeness (QED) is 0.396. The molecular weight excluding hydrogens is 440 g/mol. The molecule has 1 aromatic carbocycles. The predicted molar refractivity (Wildman–Crippen MR) is 137 cm³/mol. The number of hydrogen-bond donors (Lipinski definition) is 1. The first-order valence-electron chi connectivity index (χ1n) is 13.4. The van der Waals surface area contributed by atoms with E-state index >= 15 is 0 Å². The molecule has 2 heterocycles. The minimum Gasteiger partial charge on any atom is -0.494 e. The van der Waals surface area contributed by atoms with Gasteiger partial charge in [0.1, 0.15) is 17.0 Å². The molecule has 2 amide bonds. The highest BCUT2D eigenvalue weighted by Crippen LogP contribution is 2.31. The van der Waals surface area contributed by atoms with Crippen LogP contribution >= 0.6 is 0 Å². The van der Waals surface area contributed by atoms with Gasteiger partial charge in [-0.15, -0.1) is 0 Å². The van der Waals surface area contributed by atoms with Gasteiger partial charge in [0.25, 0.3) is 5.91 Å². The second-order valence-electron chi connectivity index (χ2n) is 10.2. The summed E-state index contributed by atoms with van der Waals surface area (Å²) in [4.78, 5) is 28.9. The van der Waals surface area contributed by atoms with Gasteiger partial charge >= 0.3 is 0 Å². The number of hydrogen-bond acceptors (Lipinski definition) is 4. The maximum Gasteiger partial charge on any atom is 0.273 e. The molecule has 2 aliphatic rings. The Kier molecular flexibility index (Phi) is 8.14. The SMILES string of the molecule is CCCCOc1ccc(-c2cc3n(n2)C[C@@](C)(C(=O)NC2CCCCCC2)N(CCC)C3=O)cc1. The molecule has 4 rings (SSSR count). The predicted octanol–water partition coefficient (Wildman–Crippen LogP) is 5.19. The summed E-state index contributed by atoms with van der Waals surface area (Å²) >= 11 is 0. The van der Waals surface area contributed by atoms with E-state index in [1.54, 1.807) is 9.58 Å². The fourth-order valence-electron chi connectivity index (χ4n) is 5.18. The molecule has 1 fully saturated rings. The number of nitrogens with one attached hydrogen (secondary N) is 1. The van der Waals surface area contributed by atoms with E-state index in [-0.39, 0.29) is 17.9 Å². The van der Waals surface area contributed by atoms with Gasteiger partial charge in [-0.2, -0.15) is 5.10 Å². The Morgan fingerprint density at radius 1 is 1.11 bits per heavy atom. The first-order chi connectivity index (χ1) is 17.0. The van der Waals surface area contributed by atoms with Crippen molar-refractivity contribution >= 4 is 11.8 Å². The first kappa shape index (κ1) is 25.3. The lowest BCUT2D eigenvalue weighted by Gasteiger charge is -2.43. The summed E-state index contributed by atoms with van der Waals surface area (Å²) in [6.07, 6.45) is 9.70. The Balaban J connectivity index is 1.55. The summed E-state index contributed by atoms with van der Waals surface area (Å²) in [5.74, 6) is 0.636. The van der Waals surface area contributed by atoms with E-state index < -0.39 is 5.54 Å². The summed E-state index contributed by atoms with van der Waals surface area (Å²) in [7, 11) is 0. The Morgan fingerprint density at radius 3 is 2.49 bits per heavy atom. The molecular formula is C28H40N4O3. The largest absolute Gasteiger partial charge is 0.494 e. The van der Waals surface area contributed by atoms with Crippen LogP contribution < -0.4 is 10.1 Å². The highest BCUT2D eigenvalue weighted by atomic mass is 16.5. The van der Waals surface area contributed by atoms with Crippen molar-refractivity contribution in [2.75, 3.05) is 13.2 Å². The second-order valence-corrected chi connectivity index (χ2v) is 10.2. The van der Waals surface area contributed by atoms with Crippen LogP contribution in [0.2, 0.25) is 0 Å². The molecule has 7 nitrogen and oxygen atoms in total. The third-order valence-electron chi connectivity index (χ3n) is 7.34. The lowest BCUT2D eigenvalue weighted by molar-refractivity contribution is -0.134. The number of unbranched alkanes of at least 4 members (excludes halogenated alkanes) is 1. The lowest BCUT2D eigenvalue weighted by atomic mass is 9.93. The van der Waals surface area contributed by atoms with Crippen molar-refractivity contribution in [3.8, 4) is 17.0 Å². The number of amides is 2. The van der Waals surface area contributed by atoms with E-state index in [9.17, 15) is 9.59 Å². The number of carbonyl (C=O) groups excluding carboxylic acids is 2. The standard InChI is InChI=1S/C28H40N4O3/c1-4-6-18-35-23-15-13-21(14-16-23)24-19-25-26(33)31(17-5-2)28(3,20-32(25)30-24)27(34)29-22-11-9-7-8-10-12-22/h13-16,19,22H,4-12,17-18,20H2,1-3H3,(H,29,34)/t28-/m0/s1. The van der Waals surface area contributed by atoms with Crippen LogP contribution in [0.15, 0.2) is 30.3 Å². The van der Waals surface area contributed by atoms with Gasteiger partial charge in [0, 0.05) is 18.2 Å². The van der Waals surface area contributed by atoms with Crippen molar-refractivity contribution in [1.29, 1.82) is 0 Å². The van der Waals surface area contributed by atoms with Crippen LogP contribution in [0.25, 0.3) is 11.3 Å². The zero-order chi connectivity index (χ0) is 24.8. The average Bonchev–Trinajstić information content (AvgIpc) is 3.10. The Hall–Kier alpha value is -2.83. The second kappa shape index (κ2) is 11.3. The fraction of sp³-hybridized carbons (Fsp3) is 0.607. The van der Waals surface area contributed by atoms with Gasteiger partial charge in [0.05, 0.1) is 18.8 Å². The van der Waals surface area contributed by atoms with Gasteiger partial charge in [-0.05, 0) is 62.9 Å². The maximum absolute atomic E-state index is 13.6. The van der Waals surface area contributed by atoms with Crippen LogP contribution in [0, 0.1) is 0 Å². The molecule has 2 aromatic rings. The number of ether oxygens (including phenoxy) is 1. The van der Waals surface area contributed by atoms with Gasteiger partial charge in [0.2, 0.25) is 5.91 Å². The van der Waals surface area contributed by atoms with E-state index in [4.69, 9.17) is 9.84 Å². The molecule has 35 heavy (non-hydrogen) atoms. The van der Waals surface area contributed by atoms with Crippen LogP contribution in [-0.2, 0) is 11.3 Å². The Morgan fingerprint density at radius 2 is 1.83 bits per heavy atom. The number of rotatable bonds is 9. The van der Waals surface area contributed by atoms with Crippen molar-refractivity contribution in [2.24, 2.45) is 0 Å². The summed E-state index contributed by atoms with van der Waals surface area (Å²) in [6, 6.07) is 9.87. The Bertz CT molecular complexity index is 1010. The molecule has 1 atom stereocenters. The van der Waals surface area contributed by atoms with Crippen LogP contribution in [0.5, 0.6) is 5.75 Å². The van der Waals surface area contributed by atoms with E-state index in [1.807, 2.05) is 44.2 Å². The first-order valence-corrected chi connectivity index (χ1v) is 13.4. The molecule has 1 aliphatic heterocycles. The summed E-state index contributed by atoms with van der Waals surface area (Å²) in [6.45, 7) is 7.67. The molecule has 0 saturated heterocycles. The van der Waals surface area contributed by atoms with Gasteiger partial charge in [-0.1, -0.05) is 46.0 Å². The molecule has 7 heteroatoms. The summed E-state index contributed by atoms with van der Waals surface area (Å²) in [5.41, 5.74) is 1.23. The number of aromatic nitrogens is 2. The molecule has 1 aliphatic carbocycles. The van der Waals surface area contributed by atoms with Gasteiger partial charge in [0.15, 0.2) is 0 Å². The Labute approximate surface area is 209 Å². The molecule has 0 bridgehead atoms. The van der Waals surface area contributed by atoms with Gasteiger partial charge < -0.3 is 15.0 Å². The van der Waals surface area contributed by atoms with Crippen LogP contribution in [-0.4, -0.2) is 51.2 Å². The summed E-state index contributed by atoms with van der Waals surface area (Å²) < 4.78 is 7.49. The van der Waals surface area contributed by atoms with Gasteiger partial charge in [-0.25, -0.2) is 0 Å². The van der Waals surface area contributed by atoms with Crippen LogP contribution in [0.1, 0.15) is 89.0 Å². The van der Waals surface area contributed by atoms with Gasteiger partial charge in [-0.3, -0.25) is 14.3 Å². The van der Waals surface area contributed by atoms with E-state index in [2.05, 4.69) is 12.2 Å². The smallest absolute Gasteiger partial charge is 0.273 e. The molecule has 1 aromatic heterocycles. The van der Waals surface area contributed by atoms with E-state index in [0.29, 0.717) is 25.4 Å². The highest BCUT2D eigenvalue weighted by Gasteiger charge is 2.48. The third kappa shape index (κ3) is 5.54. The van der Waals surface area contributed by atoms with E-state index in [0.717, 1.165) is 62.0 Å². The third-order valence-corrected chi connectivity index (χ3v) is 7.34. The van der Waals surface area contributed by atoms with Crippen LogP contribution in [0.3, 0.4) is 0 Å². The molecule has 0 radical (unpaired) electrons. The van der Waals surface area contributed by atoms with Crippen molar-refractivity contribution < 1.29 is 14.3 Å². The van der Waals surface area contributed by atoms with E-state index in [1.165, 1.54) is 12.8 Å². The normalized spacial score (nSPS) is 20.9. The van der Waals surface area contributed by atoms with Crippen molar-refractivity contribution in [3.05, 3.63) is 36.0 Å². The van der Waals surface area contributed by atoms with Crippen LogP contribution in [0.4, 0.5) is 0 Å². The number of benzene rings is 1. The fourth-order valence-corrected chi connectivity index (χ4v) is 5.18.